The van der Waals surface area contributed by atoms with Crippen molar-refractivity contribution in [1.29, 1.82) is 0 Å². The average Bonchev–Trinajstić information content (AvgIpc) is 2.53. The third-order valence-corrected chi connectivity index (χ3v) is 1.53. The Labute approximate surface area is 74.4 Å². The highest BCUT2D eigenvalue weighted by molar-refractivity contribution is 5.22. The third-order valence-electron chi connectivity index (χ3n) is 1.53. The van der Waals surface area contributed by atoms with Gasteiger partial charge >= 0.3 is 0 Å². The lowest BCUT2D eigenvalue weighted by Crippen LogP contribution is -2.00. The Morgan fingerprint density at radius 1 is 1.31 bits per heavy atom. The molecule has 66 valence electrons. The van der Waals surface area contributed by atoms with E-state index in [2.05, 4.69) is 20.3 Å². The monoisotopic (exact) mass is 176 g/mol. The first kappa shape index (κ1) is 7.66. The number of hydrogen-bond donors (Lipinski definition) is 1. The predicted octanol–water partition coefficient (Wildman–Crippen LogP) is -0.0521. The molecule has 0 fully saturated rings. The fraction of sp³-hybridized carbons (Fsp3) is 0.143. The van der Waals surface area contributed by atoms with E-state index in [9.17, 15) is 0 Å². The number of rotatable bonds is 1. The van der Waals surface area contributed by atoms with Crippen molar-refractivity contribution >= 4 is 5.95 Å². The van der Waals surface area contributed by atoms with Gasteiger partial charge in [0.15, 0.2) is 5.82 Å². The van der Waals surface area contributed by atoms with Crippen molar-refractivity contribution in [2.45, 2.75) is 6.92 Å². The maximum absolute atomic E-state index is 5.35. The van der Waals surface area contributed by atoms with Gasteiger partial charge in [-0.15, -0.1) is 10.2 Å². The predicted molar refractivity (Wildman–Crippen MR) is 46.1 cm³/mol. The van der Waals surface area contributed by atoms with Gasteiger partial charge in [-0.25, -0.2) is 4.98 Å². The highest BCUT2D eigenvalue weighted by Gasteiger charge is 2.00. The molecule has 0 aromatic carbocycles. The van der Waals surface area contributed by atoms with Crippen LogP contribution in [0.15, 0.2) is 18.5 Å². The second-order valence-electron chi connectivity index (χ2n) is 2.58. The van der Waals surface area contributed by atoms with Crippen molar-refractivity contribution in [3.63, 3.8) is 0 Å². The molecule has 0 spiro atoms. The first-order chi connectivity index (χ1) is 6.25. The van der Waals surface area contributed by atoms with Crippen molar-refractivity contribution in [3.05, 3.63) is 24.2 Å². The summed E-state index contributed by atoms with van der Waals surface area (Å²) in [7, 11) is 0. The van der Waals surface area contributed by atoms with E-state index in [-0.39, 0.29) is 5.95 Å². The molecule has 2 aromatic rings. The third kappa shape index (κ3) is 1.46. The summed E-state index contributed by atoms with van der Waals surface area (Å²) in [5.74, 6) is 0.831. The average molecular weight is 176 g/mol. The Kier molecular flexibility index (Phi) is 1.66. The van der Waals surface area contributed by atoms with Gasteiger partial charge in [-0.1, -0.05) is 0 Å². The van der Waals surface area contributed by atoms with Gasteiger partial charge in [0.25, 0.3) is 0 Å². The lowest BCUT2D eigenvalue weighted by atomic mass is 10.4. The van der Waals surface area contributed by atoms with Gasteiger partial charge in [-0.3, -0.25) is 0 Å². The fourth-order valence-corrected chi connectivity index (χ4v) is 0.900. The Hall–Kier alpha value is -1.98. The molecule has 0 radical (unpaired) electrons. The maximum Gasteiger partial charge on any atom is 0.239 e. The number of nitrogens with two attached hydrogens (primary N) is 1. The van der Waals surface area contributed by atoms with Crippen molar-refractivity contribution in [3.8, 4) is 5.82 Å². The van der Waals surface area contributed by atoms with Crippen LogP contribution >= 0.6 is 0 Å². The van der Waals surface area contributed by atoms with E-state index in [1.807, 2.05) is 13.0 Å². The molecular formula is C7H8N6. The van der Waals surface area contributed by atoms with Crippen LogP contribution in [0.5, 0.6) is 0 Å². The topological polar surface area (TPSA) is 82.5 Å². The molecule has 0 saturated heterocycles. The van der Waals surface area contributed by atoms with Gasteiger partial charge in [0, 0.05) is 0 Å². The molecule has 6 nitrogen and oxygen atoms in total. The molecule has 0 bridgehead atoms. The maximum atomic E-state index is 5.35. The highest BCUT2D eigenvalue weighted by atomic mass is 15.4. The van der Waals surface area contributed by atoms with E-state index >= 15 is 0 Å². The van der Waals surface area contributed by atoms with Crippen LogP contribution < -0.4 is 5.73 Å². The van der Waals surface area contributed by atoms with Crippen molar-refractivity contribution in [2.75, 3.05) is 5.73 Å². The molecule has 0 unspecified atom stereocenters. The minimum Gasteiger partial charge on any atom is -0.366 e. The fourth-order valence-electron chi connectivity index (χ4n) is 0.900. The molecule has 2 rings (SSSR count). The molecule has 6 heteroatoms. The second kappa shape index (κ2) is 2.81. The first-order valence-electron chi connectivity index (χ1n) is 3.73. The molecule has 0 amide bonds. The summed E-state index contributed by atoms with van der Waals surface area (Å²) in [6, 6.07) is 3.65. The van der Waals surface area contributed by atoms with E-state index in [1.165, 1.54) is 11.0 Å². The number of hydrogen-bond acceptors (Lipinski definition) is 5. The normalized spacial score (nSPS) is 10.2. The summed E-state index contributed by atoms with van der Waals surface area (Å²) in [6.07, 6.45) is 1.49. The largest absolute Gasteiger partial charge is 0.366 e. The van der Waals surface area contributed by atoms with Crippen LogP contribution in [-0.4, -0.2) is 25.0 Å². The van der Waals surface area contributed by atoms with Crippen LogP contribution in [0.1, 0.15) is 5.69 Å². The van der Waals surface area contributed by atoms with Crippen LogP contribution in [0.2, 0.25) is 0 Å². The van der Waals surface area contributed by atoms with Crippen LogP contribution in [-0.2, 0) is 0 Å². The van der Waals surface area contributed by atoms with Crippen LogP contribution in [0.4, 0.5) is 5.95 Å². The summed E-state index contributed by atoms with van der Waals surface area (Å²) >= 11 is 0. The van der Waals surface area contributed by atoms with Crippen LogP contribution in [0, 0.1) is 6.92 Å². The van der Waals surface area contributed by atoms with Gasteiger partial charge in [0.1, 0.15) is 6.33 Å². The van der Waals surface area contributed by atoms with Gasteiger partial charge in [-0.2, -0.15) is 9.78 Å². The quantitative estimate of drug-likeness (QED) is 0.658. The Morgan fingerprint density at radius 2 is 2.15 bits per heavy atom. The summed E-state index contributed by atoms with van der Waals surface area (Å²) in [5.41, 5.74) is 6.21. The first-order valence-corrected chi connectivity index (χ1v) is 3.73. The van der Waals surface area contributed by atoms with E-state index in [1.54, 1.807) is 6.07 Å². The number of aryl methyl sites for hydroxylation is 1. The zero-order valence-electron chi connectivity index (χ0n) is 7.05. The van der Waals surface area contributed by atoms with E-state index < -0.39 is 0 Å². The summed E-state index contributed by atoms with van der Waals surface area (Å²) < 4.78 is 1.47. The Balaban J connectivity index is 2.41. The molecular weight excluding hydrogens is 168 g/mol. The van der Waals surface area contributed by atoms with Gasteiger partial charge in [0.05, 0.1) is 5.69 Å². The second-order valence-corrected chi connectivity index (χ2v) is 2.58. The molecule has 0 atom stereocenters. The van der Waals surface area contributed by atoms with E-state index in [4.69, 9.17) is 5.73 Å². The van der Waals surface area contributed by atoms with Gasteiger partial charge < -0.3 is 5.73 Å². The SMILES string of the molecule is Cc1ccc(-n2cnc(N)n2)nn1. The summed E-state index contributed by atoms with van der Waals surface area (Å²) in [5, 5.41) is 11.7. The van der Waals surface area contributed by atoms with Gasteiger partial charge in [-0.05, 0) is 19.1 Å². The van der Waals surface area contributed by atoms with E-state index in [0.717, 1.165) is 5.69 Å². The zero-order chi connectivity index (χ0) is 9.26. The van der Waals surface area contributed by atoms with Crippen molar-refractivity contribution in [1.82, 2.24) is 25.0 Å². The molecule has 2 N–H and O–H groups in total. The zero-order valence-corrected chi connectivity index (χ0v) is 7.05. The van der Waals surface area contributed by atoms with Crippen LogP contribution in [0.25, 0.3) is 5.82 Å². The molecule has 0 aliphatic rings. The molecule has 0 aliphatic heterocycles. The van der Waals surface area contributed by atoms with Crippen molar-refractivity contribution in [2.24, 2.45) is 0 Å². The molecule has 13 heavy (non-hydrogen) atoms. The molecule has 2 aromatic heterocycles. The lowest BCUT2D eigenvalue weighted by molar-refractivity contribution is 0.807. The van der Waals surface area contributed by atoms with Crippen molar-refractivity contribution < 1.29 is 0 Å². The number of aromatic nitrogens is 5. The summed E-state index contributed by atoms with van der Waals surface area (Å²) in [4.78, 5) is 3.78. The number of anilines is 1. The lowest BCUT2D eigenvalue weighted by Gasteiger charge is -1.96. The van der Waals surface area contributed by atoms with Crippen LogP contribution in [0.3, 0.4) is 0 Å². The smallest absolute Gasteiger partial charge is 0.239 e. The number of nitrogens with zero attached hydrogens (tertiary/aromatic N) is 5. The highest BCUT2D eigenvalue weighted by Crippen LogP contribution is 2.01. The molecule has 0 aliphatic carbocycles. The summed E-state index contributed by atoms with van der Waals surface area (Å²) in [6.45, 7) is 1.87. The minimum absolute atomic E-state index is 0.224. The molecule has 2 heterocycles. The Morgan fingerprint density at radius 3 is 2.69 bits per heavy atom. The van der Waals surface area contributed by atoms with E-state index in [0.29, 0.717) is 5.82 Å². The van der Waals surface area contributed by atoms with Gasteiger partial charge in [0.2, 0.25) is 5.95 Å². The Bertz CT molecular complexity index is 403. The number of nitrogen functional groups attached to an aromatic ring is 1. The molecule has 0 saturated carbocycles. The standard InChI is InChI=1S/C7H8N6/c1-5-2-3-6(11-10-5)13-4-9-7(8)12-13/h2-4H,1H3,(H2,8,12). The minimum atomic E-state index is 0.224.